The number of nitrogens with one attached hydrogen (secondary N) is 1. The Bertz CT molecular complexity index is 504. The Kier molecular flexibility index (Phi) is 9.30. The molecular formula is C13H16FN2O2SY-3. The van der Waals surface area contributed by atoms with Crippen molar-refractivity contribution < 1.29 is 46.1 Å². The Morgan fingerprint density at radius 1 is 1.55 bits per heavy atom. The summed E-state index contributed by atoms with van der Waals surface area (Å²) in [6, 6.07) is 2.92. The predicted octanol–water partition coefficient (Wildman–Crippen LogP) is 1.69. The van der Waals surface area contributed by atoms with Crippen LogP contribution in [0.4, 0.5) is 10.1 Å². The second-order valence-electron chi connectivity index (χ2n) is 3.99. The van der Waals surface area contributed by atoms with E-state index < -0.39 is 16.4 Å². The molecule has 1 aromatic rings. The zero-order chi connectivity index (χ0) is 14.4. The van der Waals surface area contributed by atoms with Gasteiger partial charge in [0, 0.05) is 32.7 Å². The first kappa shape index (κ1) is 19.6. The quantitative estimate of drug-likeness (QED) is 0.343. The Balaban J connectivity index is 0.00000361. The molecule has 7 heteroatoms. The largest absolute Gasteiger partial charge is 0.476 e. The van der Waals surface area contributed by atoms with Gasteiger partial charge < -0.3 is 18.6 Å². The number of carbonyl (C=O) groups excluding carboxylic acids is 1. The van der Waals surface area contributed by atoms with Crippen LogP contribution in [-0.4, -0.2) is 18.8 Å². The van der Waals surface area contributed by atoms with Gasteiger partial charge in [-0.1, -0.05) is 24.2 Å². The number of hydrogen-bond acceptors (Lipinski definition) is 3. The minimum atomic E-state index is -1.41. The SMILES string of the molecule is C=[S-](=O)NCc1cc([CH2-])c(N([C-]=O)CCC)c(F)c1.[Y]. The summed E-state index contributed by atoms with van der Waals surface area (Å²) >= 11 is 0. The van der Waals surface area contributed by atoms with Crippen molar-refractivity contribution in [3.63, 3.8) is 0 Å². The summed E-state index contributed by atoms with van der Waals surface area (Å²) in [5.41, 5.74) is 1.12. The fourth-order valence-electron chi connectivity index (χ4n) is 1.71. The molecule has 4 nitrogen and oxygen atoms in total. The number of anilines is 1. The van der Waals surface area contributed by atoms with Crippen LogP contribution in [0.1, 0.15) is 24.5 Å². The van der Waals surface area contributed by atoms with Crippen LogP contribution >= 0.6 is 0 Å². The zero-order valence-corrected chi connectivity index (χ0v) is 15.0. The first-order valence-corrected chi connectivity index (χ1v) is 7.06. The summed E-state index contributed by atoms with van der Waals surface area (Å²) in [5, 5.41) is 0. The van der Waals surface area contributed by atoms with Crippen LogP contribution in [0.3, 0.4) is 0 Å². The molecule has 0 atom stereocenters. The van der Waals surface area contributed by atoms with Crippen molar-refractivity contribution in [2.24, 2.45) is 0 Å². The maximum atomic E-state index is 14.0. The van der Waals surface area contributed by atoms with E-state index in [4.69, 9.17) is 0 Å². The topological polar surface area (TPSA) is 49.4 Å². The Labute approximate surface area is 146 Å². The van der Waals surface area contributed by atoms with Gasteiger partial charge in [-0.05, 0) is 19.5 Å². The first-order valence-electron chi connectivity index (χ1n) is 5.74. The normalized spacial score (nSPS) is 10.2. The van der Waals surface area contributed by atoms with Gasteiger partial charge in [-0.3, -0.25) is 0 Å². The first-order chi connectivity index (χ1) is 8.99. The second-order valence-corrected chi connectivity index (χ2v) is 4.97. The van der Waals surface area contributed by atoms with Gasteiger partial charge >= 0.3 is 0 Å². The summed E-state index contributed by atoms with van der Waals surface area (Å²) in [5.74, 6) is 2.73. The molecule has 1 rings (SSSR count). The molecule has 0 heterocycles. The third kappa shape index (κ3) is 5.52. The molecule has 1 aromatic carbocycles. The molecule has 20 heavy (non-hydrogen) atoms. The molecule has 109 valence electrons. The second kappa shape index (κ2) is 9.50. The number of halogens is 1. The summed E-state index contributed by atoms with van der Waals surface area (Å²) in [7, 11) is -1.41. The average molecular weight is 372 g/mol. The van der Waals surface area contributed by atoms with Crippen LogP contribution in [-0.2, 0) is 58.8 Å². The molecule has 0 aliphatic heterocycles. The maximum Gasteiger partial charge on any atom is 0.0719 e. The molecule has 0 spiro atoms. The smallest absolute Gasteiger partial charge is 0.0719 e. The van der Waals surface area contributed by atoms with Crippen molar-refractivity contribution in [3.8, 4) is 0 Å². The van der Waals surface area contributed by atoms with Gasteiger partial charge in [0.1, 0.15) is 0 Å². The van der Waals surface area contributed by atoms with Gasteiger partial charge in [-0.2, -0.15) is 17.5 Å². The minimum absolute atomic E-state index is 0. The zero-order valence-electron chi connectivity index (χ0n) is 11.3. The van der Waals surface area contributed by atoms with Crippen LogP contribution in [0.5, 0.6) is 0 Å². The van der Waals surface area contributed by atoms with Crippen LogP contribution < -0.4 is 9.62 Å². The average Bonchev–Trinajstić information content (AvgIpc) is 2.34. The van der Waals surface area contributed by atoms with E-state index in [2.05, 4.69) is 17.5 Å². The molecule has 0 aromatic heterocycles. The van der Waals surface area contributed by atoms with Crippen LogP contribution in [0.25, 0.3) is 0 Å². The summed E-state index contributed by atoms with van der Waals surface area (Å²) in [6.07, 6.45) is 2.39. The molecule has 0 saturated carbocycles. The molecule has 0 saturated heterocycles. The van der Waals surface area contributed by atoms with Crippen molar-refractivity contribution in [1.82, 2.24) is 4.72 Å². The Hall–Kier alpha value is -0.426. The van der Waals surface area contributed by atoms with E-state index in [0.717, 1.165) is 0 Å². The van der Waals surface area contributed by atoms with E-state index in [1.54, 1.807) is 12.5 Å². The van der Waals surface area contributed by atoms with E-state index >= 15 is 0 Å². The summed E-state index contributed by atoms with van der Waals surface area (Å²) in [6.45, 7) is 6.22. The van der Waals surface area contributed by atoms with Gasteiger partial charge in [-0.15, -0.1) is 0 Å². The van der Waals surface area contributed by atoms with Crippen LogP contribution in [0.2, 0.25) is 0 Å². The molecule has 1 amide bonds. The number of nitrogens with zero attached hydrogens (tertiary/aromatic N) is 1. The summed E-state index contributed by atoms with van der Waals surface area (Å²) < 4.78 is 27.4. The third-order valence-corrected chi connectivity index (χ3v) is 2.93. The number of amides is 1. The van der Waals surface area contributed by atoms with Gasteiger partial charge in [0.15, 0.2) is 0 Å². The van der Waals surface area contributed by atoms with E-state index in [-0.39, 0.29) is 44.9 Å². The molecule has 0 fully saturated rings. The van der Waals surface area contributed by atoms with Gasteiger partial charge in [-0.25, -0.2) is 21.9 Å². The van der Waals surface area contributed by atoms with Gasteiger partial charge in [0.25, 0.3) is 0 Å². The minimum Gasteiger partial charge on any atom is -0.476 e. The Morgan fingerprint density at radius 3 is 2.65 bits per heavy atom. The van der Waals surface area contributed by atoms with E-state index in [1.807, 2.05) is 6.92 Å². The molecular weight excluding hydrogens is 356 g/mol. The number of rotatable bonds is 7. The van der Waals surface area contributed by atoms with Gasteiger partial charge in [0.05, 0.1) is 12.2 Å². The van der Waals surface area contributed by atoms with E-state index in [0.29, 0.717) is 24.1 Å². The van der Waals surface area contributed by atoms with E-state index in [9.17, 15) is 13.4 Å². The molecule has 1 N–H and O–H groups in total. The van der Waals surface area contributed by atoms with Gasteiger partial charge in [0.2, 0.25) is 0 Å². The predicted molar refractivity (Wildman–Crippen MR) is 76.2 cm³/mol. The van der Waals surface area contributed by atoms with Crippen LogP contribution in [0.15, 0.2) is 12.1 Å². The van der Waals surface area contributed by atoms with Crippen molar-refractivity contribution >= 4 is 28.5 Å². The van der Waals surface area contributed by atoms with Crippen molar-refractivity contribution in [2.75, 3.05) is 11.4 Å². The number of benzene rings is 1. The molecule has 0 unspecified atom stereocenters. The standard InChI is InChI=1S/C13H16FN2O2S.Y/c1-4-5-16(9-17)13-10(2)6-11(7-12(13)14)8-15-19(3)18;/h6-7H,2-5,8H2,1H3,(H,15,18);/q-3;. The van der Waals surface area contributed by atoms with Crippen molar-refractivity contribution in [3.05, 3.63) is 36.0 Å². The maximum absolute atomic E-state index is 14.0. The van der Waals surface area contributed by atoms with E-state index in [1.165, 1.54) is 11.0 Å². The number of hydrogen-bond donors (Lipinski definition) is 1. The molecule has 0 aliphatic carbocycles. The monoisotopic (exact) mass is 372 g/mol. The van der Waals surface area contributed by atoms with Crippen molar-refractivity contribution in [2.45, 2.75) is 19.9 Å². The summed E-state index contributed by atoms with van der Waals surface area (Å²) in [4.78, 5) is 12.0. The van der Waals surface area contributed by atoms with Crippen molar-refractivity contribution in [1.29, 1.82) is 0 Å². The molecule has 1 radical (unpaired) electrons. The van der Waals surface area contributed by atoms with Crippen LogP contribution in [0, 0.1) is 12.7 Å². The third-order valence-electron chi connectivity index (χ3n) is 2.47. The molecule has 0 aliphatic rings. The fraction of sp³-hybridized carbons (Fsp3) is 0.308. The fourth-order valence-corrected chi connectivity index (χ4v) is 2.04. The Morgan fingerprint density at radius 2 is 2.20 bits per heavy atom. The molecule has 0 bridgehead atoms.